The molecule has 14 heavy (non-hydrogen) atoms. The lowest BCUT2D eigenvalue weighted by atomic mass is 10.1. The predicted molar refractivity (Wildman–Crippen MR) is 58.3 cm³/mol. The molecule has 2 rings (SSSR count). The van der Waals surface area contributed by atoms with Gasteiger partial charge in [0.25, 0.3) is 0 Å². The van der Waals surface area contributed by atoms with Gasteiger partial charge in [0.05, 0.1) is 13.2 Å². The highest BCUT2D eigenvalue weighted by Crippen LogP contribution is 2.33. The Kier molecular flexibility index (Phi) is 3.60. The first-order valence-corrected chi connectivity index (χ1v) is 5.81. The summed E-state index contributed by atoms with van der Waals surface area (Å²) in [5.41, 5.74) is 1.53. The van der Waals surface area contributed by atoms with Gasteiger partial charge < -0.3 is 10.1 Å². The van der Waals surface area contributed by atoms with E-state index in [4.69, 9.17) is 4.74 Å². The molecule has 1 atom stereocenters. The van der Waals surface area contributed by atoms with E-state index in [1.807, 2.05) is 0 Å². The molecule has 2 nitrogen and oxygen atoms in total. The van der Waals surface area contributed by atoms with Gasteiger partial charge in [-0.25, -0.2) is 0 Å². The Hall–Kier alpha value is -0.340. The van der Waals surface area contributed by atoms with Gasteiger partial charge in [0.15, 0.2) is 0 Å². The summed E-state index contributed by atoms with van der Waals surface area (Å²) in [5, 5.41) is 3.49. The molecule has 0 aromatic carbocycles. The predicted octanol–water partition coefficient (Wildman–Crippen LogP) is 2.11. The highest BCUT2D eigenvalue weighted by Gasteiger charge is 2.19. The molecule has 1 aliphatic heterocycles. The molecule has 0 radical (unpaired) electrons. The Morgan fingerprint density at radius 1 is 1.50 bits per heavy atom. The monoisotopic (exact) mass is 195 g/mol. The van der Waals surface area contributed by atoms with Gasteiger partial charge in [-0.05, 0) is 38.5 Å². The van der Waals surface area contributed by atoms with Gasteiger partial charge in [-0.3, -0.25) is 0 Å². The number of hydrogen-bond donors (Lipinski definition) is 1. The van der Waals surface area contributed by atoms with Crippen molar-refractivity contribution in [1.29, 1.82) is 0 Å². The van der Waals surface area contributed by atoms with E-state index >= 15 is 0 Å². The molecule has 1 saturated heterocycles. The summed E-state index contributed by atoms with van der Waals surface area (Å²) in [6.45, 7) is 5.02. The van der Waals surface area contributed by atoms with Crippen LogP contribution in [0.5, 0.6) is 0 Å². The second-order valence-electron chi connectivity index (χ2n) is 4.66. The van der Waals surface area contributed by atoms with Crippen LogP contribution < -0.4 is 5.32 Å². The van der Waals surface area contributed by atoms with E-state index in [0.29, 0.717) is 6.04 Å². The molecule has 2 heteroatoms. The largest absolute Gasteiger partial charge is 0.379 e. The molecule has 80 valence electrons. The Bertz CT molecular complexity index is 202. The van der Waals surface area contributed by atoms with Gasteiger partial charge in [0.1, 0.15) is 0 Å². The van der Waals surface area contributed by atoms with Crippen LogP contribution >= 0.6 is 0 Å². The van der Waals surface area contributed by atoms with Gasteiger partial charge in [-0.2, -0.15) is 0 Å². The lowest BCUT2D eigenvalue weighted by Gasteiger charge is -2.24. The van der Waals surface area contributed by atoms with Crippen LogP contribution in [0.2, 0.25) is 0 Å². The van der Waals surface area contributed by atoms with Gasteiger partial charge in [0, 0.05) is 12.6 Å². The van der Waals surface area contributed by atoms with Crippen LogP contribution in [0.1, 0.15) is 32.6 Å². The van der Waals surface area contributed by atoms with Gasteiger partial charge in [0.2, 0.25) is 0 Å². The van der Waals surface area contributed by atoms with Crippen molar-refractivity contribution in [2.24, 2.45) is 5.92 Å². The molecular weight excluding hydrogens is 174 g/mol. The first-order valence-electron chi connectivity index (χ1n) is 5.81. The maximum absolute atomic E-state index is 5.43. The van der Waals surface area contributed by atoms with E-state index in [2.05, 4.69) is 18.3 Å². The molecule has 0 bridgehead atoms. The third-order valence-electron chi connectivity index (χ3n) is 3.06. The standard InChI is InChI=1S/C12H21NO/c1-10(2-3-11-4-5-11)8-12-9-14-7-6-13-12/h2,11-13H,3-9H2,1H3. The topological polar surface area (TPSA) is 21.3 Å². The van der Waals surface area contributed by atoms with Crippen molar-refractivity contribution >= 4 is 0 Å². The minimum Gasteiger partial charge on any atom is -0.379 e. The average molecular weight is 195 g/mol. The van der Waals surface area contributed by atoms with Crippen molar-refractivity contribution in [3.05, 3.63) is 11.6 Å². The summed E-state index contributed by atoms with van der Waals surface area (Å²) in [4.78, 5) is 0. The van der Waals surface area contributed by atoms with Gasteiger partial charge in [-0.1, -0.05) is 11.6 Å². The summed E-state index contributed by atoms with van der Waals surface area (Å²) in [6, 6.07) is 0.555. The smallest absolute Gasteiger partial charge is 0.0623 e. The van der Waals surface area contributed by atoms with E-state index in [1.54, 1.807) is 0 Å². The van der Waals surface area contributed by atoms with Crippen LogP contribution in [-0.4, -0.2) is 25.8 Å². The molecule has 1 N–H and O–H groups in total. The zero-order valence-electron chi connectivity index (χ0n) is 9.09. The highest BCUT2D eigenvalue weighted by atomic mass is 16.5. The maximum Gasteiger partial charge on any atom is 0.0623 e. The van der Waals surface area contributed by atoms with E-state index in [-0.39, 0.29) is 0 Å². The minimum atomic E-state index is 0.555. The second-order valence-corrected chi connectivity index (χ2v) is 4.66. The fraction of sp³-hybridized carbons (Fsp3) is 0.833. The van der Waals surface area contributed by atoms with Crippen molar-refractivity contribution < 1.29 is 4.74 Å². The van der Waals surface area contributed by atoms with Crippen molar-refractivity contribution in [3.8, 4) is 0 Å². The van der Waals surface area contributed by atoms with Gasteiger partial charge >= 0.3 is 0 Å². The molecule has 1 aliphatic carbocycles. The molecule has 1 heterocycles. The van der Waals surface area contributed by atoms with Gasteiger partial charge in [-0.15, -0.1) is 0 Å². The summed E-state index contributed by atoms with van der Waals surface area (Å²) in [6.07, 6.45) is 7.79. The number of rotatable bonds is 4. The molecular formula is C12H21NO. The SMILES string of the molecule is CC(=CCC1CC1)CC1COCCN1. The van der Waals surface area contributed by atoms with Crippen LogP contribution in [0.3, 0.4) is 0 Å². The van der Waals surface area contributed by atoms with Crippen molar-refractivity contribution in [1.82, 2.24) is 5.32 Å². The fourth-order valence-corrected chi connectivity index (χ4v) is 1.94. The zero-order valence-corrected chi connectivity index (χ0v) is 9.09. The number of ether oxygens (including phenoxy) is 1. The average Bonchev–Trinajstić information content (AvgIpc) is 3.00. The molecule has 2 aliphatic rings. The molecule has 0 amide bonds. The molecule has 0 aromatic rings. The van der Waals surface area contributed by atoms with E-state index in [9.17, 15) is 0 Å². The number of hydrogen-bond acceptors (Lipinski definition) is 2. The first-order chi connectivity index (χ1) is 6.84. The van der Waals surface area contributed by atoms with Crippen LogP contribution in [0.25, 0.3) is 0 Å². The summed E-state index contributed by atoms with van der Waals surface area (Å²) >= 11 is 0. The Labute approximate surface area is 86.7 Å². The molecule has 0 spiro atoms. The summed E-state index contributed by atoms with van der Waals surface area (Å²) in [5.74, 6) is 1.01. The Morgan fingerprint density at radius 3 is 3.00 bits per heavy atom. The first kappa shape index (κ1) is 10.2. The summed E-state index contributed by atoms with van der Waals surface area (Å²) < 4.78 is 5.43. The molecule has 0 aromatic heterocycles. The van der Waals surface area contributed by atoms with Crippen LogP contribution in [0.4, 0.5) is 0 Å². The van der Waals surface area contributed by atoms with Crippen LogP contribution in [0.15, 0.2) is 11.6 Å². The Balaban J connectivity index is 1.68. The number of morpholine rings is 1. The van der Waals surface area contributed by atoms with E-state index in [1.165, 1.54) is 24.8 Å². The van der Waals surface area contributed by atoms with Crippen LogP contribution in [-0.2, 0) is 4.74 Å². The lowest BCUT2D eigenvalue weighted by Crippen LogP contribution is -2.41. The zero-order chi connectivity index (χ0) is 9.80. The minimum absolute atomic E-state index is 0.555. The quantitative estimate of drug-likeness (QED) is 0.694. The number of allylic oxidation sites excluding steroid dienone is 1. The normalized spacial score (nSPS) is 29.2. The maximum atomic E-state index is 5.43. The van der Waals surface area contributed by atoms with Crippen molar-refractivity contribution in [2.75, 3.05) is 19.8 Å². The molecule has 1 unspecified atom stereocenters. The number of nitrogens with one attached hydrogen (secondary N) is 1. The molecule has 1 saturated carbocycles. The molecule has 2 fully saturated rings. The van der Waals surface area contributed by atoms with Crippen molar-refractivity contribution in [3.63, 3.8) is 0 Å². The third-order valence-corrected chi connectivity index (χ3v) is 3.06. The lowest BCUT2D eigenvalue weighted by molar-refractivity contribution is 0.0770. The highest BCUT2D eigenvalue weighted by molar-refractivity contribution is 5.03. The van der Waals surface area contributed by atoms with Crippen molar-refractivity contribution in [2.45, 2.75) is 38.6 Å². The second kappa shape index (κ2) is 4.94. The third kappa shape index (κ3) is 3.43. The van der Waals surface area contributed by atoms with Crippen LogP contribution in [0, 0.1) is 5.92 Å². The van der Waals surface area contributed by atoms with E-state index < -0.39 is 0 Å². The summed E-state index contributed by atoms with van der Waals surface area (Å²) in [7, 11) is 0. The van der Waals surface area contributed by atoms with E-state index in [0.717, 1.165) is 32.1 Å². The fourth-order valence-electron chi connectivity index (χ4n) is 1.94. The Morgan fingerprint density at radius 2 is 2.36 bits per heavy atom.